The van der Waals surface area contributed by atoms with Crippen molar-refractivity contribution in [2.45, 2.75) is 51.6 Å². The first kappa shape index (κ1) is 15.4. The van der Waals surface area contributed by atoms with Crippen LogP contribution in [0.4, 0.5) is 0 Å². The zero-order chi connectivity index (χ0) is 12.5. The van der Waals surface area contributed by atoms with Gasteiger partial charge in [-0.15, -0.1) is 12.4 Å². The molecule has 0 aliphatic carbocycles. The summed E-state index contributed by atoms with van der Waals surface area (Å²) in [5.74, 6) is 1.47. The van der Waals surface area contributed by atoms with Crippen molar-refractivity contribution < 1.29 is 4.52 Å². The lowest BCUT2D eigenvalue weighted by atomic mass is 9.96. The summed E-state index contributed by atoms with van der Waals surface area (Å²) in [6, 6.07) is 0.286. The van der Waals surface area contributed by atoms with Gasteiger partial charge in [0.2, 0.25) is 5.89 Å². The lowest BCUT2D eigenvalue weighted by molar-refractivity contribution is 0.178. The molecule has 0 saturated carbocycles. The number of nitrogens with two attached hydrogens (primary N) is 1. The van der Waals surface area contributed by atoms with Crippen molar-refractivity contribution in [1.82, 2.24) is 15.0 Å². The monoisotopic (exact) mass is 274 g/mol. The first-order chi connectivity index (χ1) is 7.95. The maximum atomic E-state index is 5.94. The third-order valence-corrected chi connectivity index (χ3v) is 3.04. The summed E-state index contributed by atoms with van der Waals surface area (Å²) in [5.41, 5.74) is 5.89. The Kier molecular flexibility index (Phi) is 5.13. The van der Waals surface area contributed by atoms with Crippen molar-refractivity contribution in [1.29, 1.82) is 0 Å². The van der Waals surface area contributed by atoms with Crippen LogP contribution >= 0.6 is 12.4 Å². The first-order valence-electron chi connectivity index (χ1n) is 6.26. The van der Waals surface area contributed by atoms with Crippen LogP contribution in [0.3, 0.4) is 0 Å². The Labute approximate surface area is 115 Å². The van der Waals surface area contributed by atoms with Gasteiger partial charge in [0.25, 0.3) is 0 Å². The molecule has 0 bridgehead atoms. The van der Waals surface area contributed by atoms with Gasteiger partial charge in [-0.2, -0.15) is 4.98 Å². The predicted octanol–water partition coefficient (Wildman–Crippen LogP) is 1.71. The molecule has 2 N–H and O–H groups in total. The van der Waals surface area contributed by atoms with Crippen LogP contribution in [0.2, 0.25) is 0 Å². The van der Waals surface area contributed by atoms with E-state index in [1.54, 1.807) is 0 Å². The van der Waals surface area contributed by atoms with Crippen LogP contribution in [0, 0.1) is 0 Å². The maximum absolute atomic E-state index is 5.94. The zero-order valence-electron chi connectivity index (χ0n) is 11.3. The Morgan fingerprint density at radius 1 is 1.44 bits per heavy atom. The topological polar surface area (TPSA) is 68.2 Å². The van der Waals surface area contributed by atoms with E-state index in [0.29, 0.717) is 5.89 Å². The molecule has 104 valence electrons. The second kappa shape index (κ2) is 5.99. The summed E-state index contributed by atoms with van der Waals surface area (Å²) in [5, 5.41) is 4.03. The van der Waals surface area contributed by atoms with Gasteiger partial charge in [-0.05, 0) is 19.4 Å². The molecular formula is C12H23ClN4O. The normalized spacial score (nSPS) is 21.7. The minimum absolute atomic E-state index is 0. The van der Waals surface area contributed by atoms with Crippen molar-refractivity contribution in [3.05, 3.63) is 11.7 Å². The first-order valence-corrected chi connectivity index (χ1v) is 6.26. The molecular weight excluding hydrogens is 252 g/mol. The number of hydrogen-bond acceptors (Lipinski definition) is 5. The van der Waals surface area contributed by atoms with Crippen LogP contribution < -0.4 is 5.73 Å². The summed E-state index contributed by atoms with van der Waals surface area (Å²) >= 11 is 0. The van der Waals surface area contributed by atoms with Gasteiger partial charge in [-0.3, -0.25) is 4.90 Å². The standard InChI is InChI=1S/C12H22N4O.ClH/c1-12(2,3)11-14-10(17-15-11)8-16-6-4-5-9(13)7-16;/h9H,4-8,13H2,1-3H3;1H/t9-;/m1./s1. The summed E-state index contributed by atoms with van der Waals surface area (Å²) in [6.07, 6.45) is 2.27. The highest BCUT2D eigenvalue weighted by atomic mass is 35.5. The highest BCUT2D eigenvalue weighted by Gasteiger charge is 2.23. The molecule has 1 saturated heterocycles. The van der Waals surface area contributed by atoms with E-state index in [4.69, 9.17) is 10.3 Å². The Balaban J connectivity index is 0.00000162. The average molecular weight is 275 g/mol. The Morgan fingerprint density at radius 3 is 2.72 bits per heavy atom. The molecule has 1 aromatic rings. The molecule has 18 heavy (non-hydrogen) atoms. The van der Waals surface area contributed by atoms with Crippen molar-refractivity contribution in [2.24, 2.45) is 5.73 Å². The molecule has 1 aromatic heterocycles. The van der Waals surface area contributed by atoms with Gasteiger partial charge in [-0.1, -0.05) is 25.9 Å². The van der Waals surface area contributed by atoms with Gasteiger partial charge >= 0.3 is 0 Å². The van der Waals surface area contributed by atoms with Gasteiger partial charge in [0.15, 0.2) is 5.82 Å². The van der Waals surface area contributed by atoms with E-state index in [1.807, 2.05) is 0 Å². The van der Waals surface area contributed by atoms with Gasteiger partial charge < -0.3 is 10.3 Å². The van der Waals surface area contributed by atoms with Crippen molar-refractivity contribution in [2.75, 3.05) is 13.1 Å². The van der Waals surface area contributed by atoms with Crippen LogP contribution in [0.5, 0.6) is 0 Å². The van der Waals surface area contributed by atoms with E-state index in [0.717, 1.165) is 38.3 Å². The molecule has 0 spiro atoms. The minimum atomic E-state index is -0.0555. The molecule has 0 unspecified atom stereocenters. The third-order valence-electron chi connectivity index (χ3n) is 3.04. The molecule has 1 fully saturated rings. The van der Waals surface area contributed by atoms with E-state index in [2.05, 4.69) is 35.8 Å². The molecule has 2 heterocycles. The van der Waals surface area contributed by atoms with E-state index < -0.39 is 0 Å². The van der Waals surface area contributed by atoms with Crippen LogP contribution in [-0.2, 0) is 12.0 Å². The maximum Gasteiger partial charge on any atom is 0.240 e. The fourth-order valence-electron chi connectivity index (χ4n) is 2.05. The molecule has 0 radical (unpaired) electrons. The summed E-state index contributed by atoms with van der Waals surface area (Å²) in [4.78, 5) is 6.73. The van der Waals surface area contributed by atoms with Gasteiger partial charge in [-0.25, -0.2) is 0 Å². The number of halogens is 1. The summed E-state index contributed by atoms with van der Waals surface area (Å²) < 4.78 is 5.29. The van der Waals surface area contributed by atoms with E-state index >= 15 is 0 Å². The van der Waals surface area contributed by atoms with Gasteiger partial charge in [0.1, 0.15) is 0 Å². The molecule has 6 heteroatoms. The highest BCUT2D eigenvalue weighted by Crippen LogP contribution is 2.19. The molecule has 2 rings (SSSR count). The minimum Gasteiger partial charge on any atom is -0.338 e. The smallest absolute Gasteiger partial charge is 0.240 e. The number of piperidine rings is 1. The molecule has 1 aliphatic rings. The summed E-state index contributed by atoms with van der Waals surface area (Å²) in [6.45, 7) is 8.96. The lowest BCUT2D eigenvalue weighted by Crippen LogP contribution is -2.42. The number of hydrogen-bond donors (Lipinski definition) is 1. The number of likely N-dealkylation sites (tertiary alicyclic amines) is 1. The fourth-order valence-corrected chi connectivity index (χ4v) is 2.05. The van der Waals surface area contributed by atoms with E-state index in [9.17, 15) is 0 Å². The molecule has 0 aromatic carbocycles. The second-order valence-electron chi connectivity index (χ2n) is 5.90. The van der Waals surface area contributed by atoms with E-state index in [-0.39, 0.29) is 23.9 Å². The Hall–Kier alpha value is -0.650. The SMILES string of the molecule is CC(C)(C)c1noc(CN2CCC[C@@H](N)C2)n1.Cl. The van der Waals surface area contributed by atoms with Gasteiger partial charge in [0.05, 0.1) is 6.54 Å². The van der Waals surface area contributed by atoms with Crippen LogP contribution in [0.15, 0.2) is 4.52 Å². The number of aromatic nitrogens is 2. The molecule has 1 aliphatic heterocycles. The third kappa shape index (κ3) is 3.93. The van der Waals surface area contributed by atoms with Crippen molar-refractivity contribution in [3.8, 4) is 0 Å². The second-order valence-corrected chi connectivity index (χ2v) is 5.90. The Morgan fingerprint density at radius 2 is 2.17 bits per heavy atom. The Bertz CT molecular complexity index is 374. The average Bonchev–Trinajstić information content (AvgIpc) is 2.65. The van der Waals surface area contributed by atoms with Crippen LogP contribution in [-0.4, -0.2) is 34.2 Å². The van der Waals surface area contributed by atoms with E-state index in [1.165, 1.54) is 0 Å². The number of nitrogens with zero attached hydrogens (tertiary/aromatic N) is 3. The molecule has 1 atom stereocenters. The fraction of sp³-hybridized carbons (Fsp3) is 0.833. The zero-order valence-corrected chi connectivity index (χ0v) is 12.2. The number of rotatable bonds is 2. The van der Waals surface area contributed by atoms with Crippen molar-refractivity contribution in [3.63, 3.8) is 0 Å². The quantitative estimate of drug-likeness (QED) is 0.889. The predicted molar refractivity (Wildman–Crippen MR) is 72.7 cm³/mol. The molecule has 0 amide bonds. The van der Waals surface area contributed by atoms with Gasteiger partial charge in [0, 0.05) is 18.0 Å². The lowest BCUT2D eigenvalue weighted by Gasteiger charge is -2.29. The van der Waals surface area contributed by atoms with Crippen LogP contribution in [0.25, 0.3) is 0 Å². The van der Waals surface area contributed by atoms with Crippen LogP contribution in [0.1, 0.15) is 45.3 Å². The van der Waals surface area contributed by atoms with Crippen molar-refractivity contribution >= 4 is 12.4 Å². The largest absolute Gasteiger partial charge is 0.338 e. The highest BCUT2D eigenvalue weighted by molar-refractivity contribution is 5.85. The molecule has 5 nitrogen and oxygen atoms in total. The summed E-state index contributed by atoms with van der Waals surface area (Å²) in [7, 11) is 0.